The molecule has 0 unspecified atom stereocenters. The van der Waals surface area contributed by atoms with Gasteiger partial charge in [0.15, 0.2) is 5.92 Å². The minimum atomic E-state index is -1.26. The normalized spacial score (nSPS) is 10.9. The van der Waals surface area contributed by atoms with Crippen LogP contribution in [-0.4, -0.2) is 73.5 Å². The number of rotatable bonds is 4. The number of hydrogen-bond acceptors (Lipinski definition) is 2. The van der Waals surface area contributed by atoms with Gasteiger partial charge in [0.1, 0.15) is 0 Å². The third kappa shape index (κ3) is 7.93. The van der Waals surface area contributed by atoms with Gasteiger partial charge in [-0.1, -0.05) is 20.8 Å². The molecule has 5 heteroatoms. The van der Waals surface area contributed by atoms with E-state index in [-0.39, 0.29) is 63.2 Å². The molecule has 0 aliphatic heterocycles. The predicted octanol–water partition coefficient (Wildman–Crippen LogP) is 0.950. The summed E-state index contributed by atoms with van der Waals surface area (Å²) in [6.07, 6.45) is 0.782. The summed E-state index contributed by atoms with van der Waals surface area (Å²) >= 11 is 0. The zero-order chi connectivity index (χ0) is 10.6. The van der Waals surface area contributed by atoms with Crippen molar-refractivity contribution in [3.8, 4) is 0 Å². The van der Waals surface area contributed by atoms with Crippen LogP contribution in [-0.2, 0) is 9.59 Å². The first-order chi connectivity index (χ1) is 5.74. The molecule has 78 valence electrons. The Bertz CT molecular complexity index is 193. The third-order valence-electron chi connectivity index (χ3n) is 1.78. The van der Waals surface area contributed by atoms with Gasteiger partial charge in [-0.25, -0.2) is 0 Å². The molecule has 4 nitrogen and oxygen atoms in total. The number of hydrogen-bond donors (Lipinski definition) is 2. The second-order valence-corrected chi connectivity index (χ2v) is 4.33. The molecule has 0 amide bonds. The van der Waals surface area contributed by atoms with Crippen LogP contribution in [0.15, 0.2) is 0 Å². The summed E-state index contributed by atoms with van der Waals surface area (Å²) in [7, 11) is 0. The first-order valence-corrected chi connectivity index (χ1v) is 4.19. The Labute approximate surface area is 126 Å². The molecular weight excluding hydrogens is 211 g/mol. The zero-order valence-electron chi connectivity index (χ0n) is 8.20. The first-order valence-electron chi connectivity index (χ1n) is 4.19. The first kappa shape index (κ1) is 17.0. The van der Waals surface area contributed by atoms with Crippen molar-refractivity contribution in [2.24, 2.45) is 11.3 Å². The van der Waals surface area contributed by atoms with E-state index in [1.807, 2.05) is 20.8 Å². The molecule has 0 saturated carbocycles. The molecule has 0 bridgehead atoms. The van der Waals surface area contributed by atoms with Crippen molar-refractivity contribution in [2.75, 3.05) is 0 Å². The molecule has 0 aromatic rings. The summed E-state index contributed by atoms with van der Waals surface area (Å²) in [4.78, 5) is 21.0. The van der Waals surface area contributed by atoms with E-state index >= 15 is 0 Å². The fourth-order valence-corrected chi connectivity index (χ4v) is 0.930. The van der Waals surface area contributed by atoms with E-state index in [2.05, 4.69) is 0 Å². The SMILES string of the molecule is CC(C)(C)CCC(C(=O)O)C(=O)O.[KH]. The molecule has 14 heavy (non-hydrogen) atoms. The second kappa shape index (κ2) is 6.95. The van der Waals surface area contributed by atoms with Crippen molar-refractivity contribution in [3.63, 3.8) is 0 Å². The summed E-state index contributed by atoms with van der Waals surface area (Å²) in [6.45, 7) is 5.86. The standard InChI is InChI=1S/C9H16O4.K.H/c1-9(2,3)5-4-6(7(10)11)8(12)13;;/h6H,4-5H2,1-3H3,(H,10,11)(H,12,13);;. The van der Waals surface area contributed by atoms with E-state index in [4.69, 9.17) is 10.2 Å². The second-order valence-electron chi connectivity index (χ2n) is 4.33. The summed E-state index contributed by atoms with van der Waals surface area (Å²) in [5, 5.41) is 17.1. The van der Waals surface area contributed by atoms with Crippen LogP contribution >= 0.6 is 0 Å². The van der Waals surface area contributed by atoms with Crippen molar-refractivity contribution >= 4 is 63.3 Å². The Hall–Kier alpha value is 0.576. The Morgan fingerprint density at radius 2 is 1.50 bits per heavy atom. The third-order valence-corrected chi connectivity index (χ3v) is 1.78. The summed E-state index contributed by atoms with van der Waals surface area (Å²) in [6, 6.07) is 0. The molecule has 0 aromatic heterocycles. The van der Waals surface area contributed by atoms with Crippen LogP contribution in [0.2, 0.25) is 0 Å². The van der Waals surface area contributed by atoms with Gasteiger partial charge in [0.2, 0.25) is 0 Å². The van der Waals surface area contributed by atoms with Crippen molar-refractivity contribution in [3.05, 3.63) is 0 Å². The van der Waals surface area contributed by atoms with E-state index in [1.165, 1.54) is 0 Å². The maximum absolute atomic E-state index is 10.5. The fourth-order valence-electron chi connectivity index (χ4n) is 0.930. The zero-order valence-corrected chi connectivity index (χ0v) is 8.20. The molecule has 0 radical (unpaired) electrons. The van der Waals surface area contributed by atoms with Crippen molar-refractivity contribution in [1.29, 1.82) is 0 Å². The number of carboxylic acids is 2. The topological polar surface area (TPSA) is 74.6 Å². The summed E-state index contributed by atoms with van der Waals surface area (Å²) in [5.41, 5.74) is -0.0247. The average molecular weight is 228 g/mol. The van der Waals surface area contributed by atoms with Crippen LogP contribution in [0, 0.1) is 11.3 Å². The molecule has 0 rings (SSSR count). The molecule has 0 aromatic carbocycles. The van der Waals surface area contributed by atoms with Gasteiger partial charge in [-0.05, 0) is 18.3 Å². The quantitative estimate of drug-likeness (QED) is 0.555. The van der Waals surface area contributed by atoms with Crippen LogP contribution in [0.25, 0.3) is 0 Å². The summed E-state index contributed by atoms with van der Waals surface area (Å²) < 4.78 is 0. The minimum absolute atomic E-state index is 0. The number of carbonyl (C=O) groups is 2. The van der Waals surface area contributed by atoms with Crippen LogP contribution in [0.1, 0.15) is 33.6 Å². The Balaban J connectivity index is 0. The van der Waals surface area contributed by atoms with Crippen molar-refractivity contribution in [1.82, 2.24) is 0 Å². The Morgan fingerprint density at radius 1 is 1.14 bits per heavy atom. The monoisotopic (exact) mass is 228 g/mol. The van der Waals surface area contributed by atoms with Gasteiger partial charge >= 0.3 is 63.3 Å². The van der Waals surface area contributed by atoms with Gasteiger partial charge in [-0.15, -0.1) is 0 Å². The van der Waals surface area contributed by atoms with Crippen LogP contribution in [0.3, 0.4) is 0 Å². The van der Waals surface area contributed by atoms with E-state index in [1.54, 1.807) is 0 Å². The Morgan fingerprint density at radius 3 is 1.71 bits per heavy atom. The summed E-state index contributed by atoms with van der Waals surface area (Å²) in [5.74, 6) is -3.77. The number of carboxylic acid groups (broad SMARTS) is 2. The van der Waals surface area contributed by atoms with Crippen LogP contribution < -0.4 is 0 Å². The molecule has 0 spiro atoms. The molecule has 2 N–H and O–H groups in total. The van der Waals surface area contributed by atoms with Gasteiger partial charge < -0.3 is 10.2 Å². The maximum atomic E-state index is 10.5. The number of aliphatic carboxylic acids is 2. The van der Waals surface area contributed by atoms with Crippen LogP contribution in [0.5, 0.6) is 0 Å². The molecule has 0 heterocycles. The van der Waals surface area contributed by atoms with Gasteiger partial charge in [0.25, 0.3) is 0 Å². The molecule has 0 atom stereocenters. The fraction of sp³-hybridized carbons (Fsp3) is 0.778. The van der Waals surface area contributed by atoms with E-state index in [9.17, 15) is 9.59 Å². The molecule has 0 fully saturated rings. The molecule has 0 aliphatic carbocycles. The molecule has 0 aliphatic rings. The van der Waals surface area contributed by atoms with Crippen LogP contribution in [0.4, 0.5) is 0 Å². The van der Waals surface area contributed by atoms with Gasteiger partial charge in [-0.2, -0.15) is 0 Å². The van der Waals surface area contributed by atoms with Gasteiger partial charge in [0.05, 0.1) is 0 Å². The molecule has 0 saturated heterocycles. The van der Waals surface area contributed by atoms with Gasteiger partial charge in [0, 0.05) is 0 Å². The van der Waals surface area contributed by atoms with Gasteiger partial charge in [-0.3, -0.25) is 9.59 Å². The predicted molar refractivity (Wildman–Crippen MR) is 54.6 cm³/mol. The molecular formula is C9H17KO4. The Kier molecular flexibility index (Phi) is 8.43. The van der Waals surface area contributed by atoms with Crippen molar-refractivity contribution in [2.45, 2.75) is 33.6 Å². The average Bonchev–Trinajstić information content (AvgIpc) is 1.82. The van der Waals surface area contributed by atoms with E-state index in [0.717, 1.165) is 0 Å². The van der Waals surface area contributed by atoms with E-state index in [0.29, 0.717) is 6.42 Å². The van der Waals surface area contributed by atoms with E-state index < -0.39 is 17.9 Å². The van der Waals surface area contributed by atoms with Crippen molar-refractivity contribution < 1.29 is 19.8 Å².